The average Bonchev–Trinajstić information content (AvgIpc) is 2.44. The Hall–Kier alpha value is -2.35. The van der Waals surface area contributed by atoms with Gasteiger partial charge >= 0.3 is 0 Å². The van der Waals surface area contributed by atoms with Crippen molar-refractivity contribution in [3.8, 4) is 0 Å². The number of aliphatic imine (C=N–C) groups is 1. The minimum absolute atomic E-state index is 0.814. The fourth-order valence-electron chi connectivity index (χ4n) is 1.91. The molecule has 0 aromatic heterocycles. The first-order chi connectivity index (χ1) is 10.1. The highest BCUT2D eigenvalue weighted by molar-refractivity contribution is 5.77. The Morgan fingerprint density at radius 1 is 1.43 bits per heavy atom. The van der Waals surface area contributed by atoms with Crippen LogP contribution in [0.25, 0.3) is 0 Å². The predicted octanol–water partition coefficient (Wildman–Crippen LogP) is 5.07. The summed E-state index contributed by atoms with van der Waals surface area (Å²) in [5.74, 6) is 0.828. The van der Waals surface area contributed by atoms with Gasteiger partial charge in [0.2, 0.25) is 0 Å². The van der Waals surface area contributed by atoms with Crippen molar-refractivity contribution in [3.05, 3.63) is 83.9 Å². The van der Waals surface area contributed by atoms with Crippen molar-refractivity contribution in [1.29, 1.82) is 0 Å². The van der Waals surface area contributed by atoms with Crippen LogP contribution in [0.4, 0.5) is 0 Å². The summed E-state index contributed by atoms with van der Waals surface area (Å²) in [6.45, 7) is 11.8. The van der Waals surface area contributed by atoms with E-state index in [1.807, 2.05) is 38.3 Å². The molecular weight excluding hydrogens is 258 g/mol. The second kappa shape index (κ2) is 8.75. The maximum absolute atomic E-state index is 5.61. The summed E-state index contributed by atoms with van der Waals surface area (Å²) >= 11 is 0. The van der Waals surface area contributed by atoms with Crippen LogP contribution in [0.5, 0.6) is 0 Å². The molecular formula is C19H23NO. The maximum Gasteiger partial charge on any atom is 0.108 e. The maximum atomic E-state index is 5.61. The van der Waals surface area contributed by atoms with Gasteiger partial charge in [0.1, 0.15) is 5.76 Å². The van der Waals surface area contributed by atoms with Gasteiger partial charge < -0.3 is 4.74 Å². The fraction of sp³-hybridized carbons (Fsp3) is 0.211. The highest BCUT2D eigenvalue weighted by atomic mass is 16.5. The second-order valence-corrected chi connectivity index (χ2v) is 4.77. The van der Waals surface area contributed by atoms with Gasteiger partial charge in [0.15, 0.2) is 0 Å². The van der Waals surface area contributed by atoms with E-state index in [0.29, 0.717) is 0 Å². The van der Waals surface area contributed by atoms with E-state index in [9.17, 15) is 0 Å². The minimum Gasteiger partial charge on any atom is -0.469 e. The molecule has 0 radical (unpaired) electrons. The summed E-state index contributed by atoms with van der Waals surface area (Å²) in [5, 5.41) is 0. The number of nitrogens with zero attached hydrogens (tertiary/aromatic N) is 1. The largest absolute Gasteiger partial charge is 0.469 e. The van der Waals surface area contributed by atoms with Gasteiger partial charge in [-0.2, -0.15) is 0 Å². The smallest absolute Gasteiger partial charge is 0.108 e. The first kappa shape index (κ1) is 16.7. The first-order valence-electron chi connectivity index (χ1n) is 6.90. The van der Waals surface area contributed by atoms with Crippen LogP contribution in [-0.4, -0.2) is 13.3 Å². The molecule has 0 aliphatic carbocycles. The molecule has 0 N–H and O–H groups in total. The van der Waals surface area contributed by atoms with Gasteiger partial charge in [0.25, 0.3) is 0 Å². The number of allylic oxidation sites excluding steroid dienone is 11. The molecule has 1 aliphatic rings. The summed E-state index contributed by atoms with van der Waals surface area (Å²) in [4.78, 5) is 4.00. The zero-order valence-electron chi connectivity index (χ0n) is 13.1. The molecule has 1 rings (SSSR count). The lowest BCUT2D eigenvalue weighted by molar-refractivity contribution is 0.349. The third-order valence-electron chi connectivity index (χ3n) is 3.00. The van der Waals surface area contributed by atoms with Crippen LogP contribution in [0.3, 0.4) is 0 Å². The molecule has 0 aromatic rings. The number of rotatable bonds is 5. The quantitative estimate of drug-likeness (QED) is 0.509. The molecule has 21 heavy (non-hydrogen) atoms. The van der Waals surface area contributed by atoms with E-state index >= 15 is 0 Å². The molecule has 0 unspecified atom stereocenters. The van der Waals surface area contributed by atoms with Crippen molar-refractivity contribution >= 4 is 6.21 Å². The summed E-state index contributed by atoms with van der Waals surface area (Å²) in [6, 6.07) is 0. The molecule has 0 aromatic carbocycles. The van der Waals surface area contributed by atoms with Crippen molar-refractivity contribution < 1.29 is 4.74 Å². The van der Waals surface area contributed by atoms with Crippen LogP contribution in [0.15, 0.2) is 88.9 Å². The molecule has 2 heteroatoms. The van der Waals surface area contributed by atoms with Gasteiger partial charge in [-0.3, -0.25) is 4.99 Å². The summed E-state index contributed by atoms with van der Waals surface area (Å²) in [6.07, 6.45) is 16.1. The van der Waals surface area contributed by atoms with Crippen molar-refractivity contribution in [2.75, 3.05) is 7.05 Å². The van der Waals surface area contributed by atoms with Gasteiger partial charge in [-0.25, -0.2) is 0 Å². The Morgan fingerprint density at radius 2 is 2.19 bits per heavy atom. The lowest BCUT2D eigenvalue weighted by Crippen LogP contribution is -1.94. The Balaban J connectivity index is 3.01. The topological polar surface area (TPSA) is 21.6 Å². The number of hydrogen-bond acceptors (Lipinski definition) is 2. The van der Waals surface area contributed by atoms with E-state index in [1.165, 1.54) is 0 Å². The normalized spacial score (nSPS) is 24.4. The SMILES string of the molecule is C=C/C=C\C1=C(/C)O/C=C\C(C/C=C(/C)C=NC)=C/C1=C. The van der Waals surface area contributed by atoms with E-state index < -0.39 is 0 Å². The number of ether oxygens (including phenoxy) is 1. The van der Waals surface area contributed by atoms with Gasteiger partial charge in [-0.15, -0.1) is 0 Å². The lowest BCUT2D eigenvalue weighted by Gasteiger charge is -2.12. The molecule has 1 heterocycles. The molecule has 0 atom stereocenters. The lowest BCUT2D eigenvalue weighted by atomic mass is 10.00. The summed E-state index contributed by atoms with van der Waals surface area (Å²) < 4.78 is 5.61. The van der Waals surface area contributed by atoms with Crippen LogP contribution in [0.2, 0.25) is 0 Å². The average molecular weight is 281 g/mol. The summed E-state index contributed by atoms with van der Waals surface area (Å²) in [5.41, 5.74) is 4.19. The van der Waals surface area contributed by atoms with Gasteiger partial charge in [0.05, 0.1) is 6.26 Å². The van der Waals surface area contributed by atoms with E-state index in [-0.39, 0.29) is 0 Å². The Bertz CT molecular complexity index is 581. The Kier molecular flexibility index (Phi) is 6.96. The van der Waals surface area contributed by atoms with Crippen molar-refractivity contribution in [2.45, 2.75) is 20.3 Å². The van der Waals surface area contributed by atoms with Crippen LogP contribution in [0, 0.1) is 0 Å². The van der Waals surface area contributed by atoms with Crippen LogP contribution in [-0.2, 0) is 4.74 Å². The zero-order valence-corrected chi connectivity index (χ0v) is 13.1. The third-order valence-corrected chi connectivity index (χ3v) is 3.00. The van der Waals surface area contributed by atoms with E-state index in [2.05, 4.69) is 30.3 Å². The Labute approximate surface area is 127 Å². The second-order valence-electron chi connectivity index (χ2n) is 4.77. The molecule has 1 aliphatic heterocycles. The monoisotopic (exact) mass is 281 g/mol. The molecule has 0 amide bonds. The number of hydrogen-bond donors (Lipinski definition) is 0. The van der Waals surface area contributed by atoms with Crippen LogP contribution in [0.1, 0.15) is 20.3 Å². The van der Waals surface area contributed by atoms with Gasteiger partial charge in [-0.05, 0) is 43.1 Å². The van der Waals surface area contributed by atoms with E-state index in [0.717, 1.165) is 34.5 Å². The fourth-order valence-corrected chi connectivity index (χ4v) is 1.91. The zero-order chi connectivity index (χ0) is 15.7. The minimum atomic E-state index is 0.814. The predicted molar refractivity (Wildman–Crippen MR) is 92.3 cm³/mol. The Morgan fingerprint density at radius 3 is 2.86 bits per heavy atom. The van der Waals surface area contributed by atoms with E-state index in [1.54, 1.807) is 19.4 Å². The van der Waals surface area contributed by atoms with Gasteiger partial charge in [0, 0.05) is 18.8 Å². The molecule has 0 fully saturated rings. The van der Waals surface area contributed by atoms with E-state index in [4.69, 9.17) is 4.74 Å². The molecule has 110 valence electrons. The molecule has 0 bridgehead atoms. The summed E-state index contributed by atoms with van der Waals surface area (Å²) in [7, 11) is 1.77. The van der Waals surface area contributed by atoms with Crippen LogP contribution < -0.4 is 0 Å². The molecule has 0 saturated heterocycles. The highest BCUT2D eigenvalue weighted by Crippen LogP contribution is 2.23. The molecule has 0 saturated carbocycles. The highest BCUT2D eigenvalue weighted by Gasteiger charge is 2.06. The first-order valence-corrected chi connectivity index (χ1v) is 6.90. The molecule has 2 nitrogen and oxygen atoms in total. The van der Waals surface area contributed by atoms with Crippen molar-refractivity contribution in [2.24, 2.45) is 4.99 Å². The molecule has 0 spiro atoms. The standard InChI is InChI=1S/C19H23NO/c1-6-7-8-19-16(3)13-18(11-12-21-17(19)4)10-9-15(2)14-20-5/h6-9,11-14H,1,3,10H2,2,4-5H3/b8-7-,12-11-,15-9-,18-13-,19-17-,20-14?. The van der Waals surface area contributed by atoms with Crippen molar-refractivity contribution in [3.63, 3.8) is 0 Å². The van der Waals surface area contributed by atoms with Crippen molar-refractivity contribution in [1.82, 2.24) is 0 Å². The van der Waals surface area contributed by atoms with Gasteiger partial charge in [-0.1, -0.05) is 43.5 Å². The van der Waals surface area contributed by atoms with Crippen LogP contribution >= 0.6 is 0 Å². The third kappa shape index (κ3) is 5.65.